The van der Waals surface area contributed by atoms with Gasteiger partial charge in [-0.2, -0.15) is 5.26 Å². The summed E-state index contributed by atoms with van der Waals surface area (Å²) in [5.74, 6) is 0.953. The Morgan fingerprint density at radius 3 is 2.70 bits per heavy atom. The van der Waals surface area contributed by atoms with Gasteiger partial charge in [0.1, 0.15) is 17.5 Å². The number of hydrogen-bond acceptors (Lipinski definition) is 4. The molecule has 3 nitrogen and oxygen atoms in total. The Hall–Kier alpha value is -1.38. The van der Waals surface area contributed by atoms with E-state index in [1.165, 1.54) is 5.56 Å². The smallest absolute Gasteiger partial charge is 0.142 e. The van der Waals surface area contributed by atoms with Crippen LogP contribution in [0.2, 0.25) is 0 Å². The predicted molar refractivity (Wildman–Crippen MR) is 99.3 cm³/mol. The molecule has 1 aliphatic rings. The van der Waals surface area contributed by atoms with Crippen LogP contribution in [0.4, 0.5) is 5.82 Å². The van der Waals surface area contributed by atoms with Crippen LogP contribution < -0.4 is 5.73 Å². The summed E-state index contributed by atoms with van der Waals surface area (Å²) in [5.41, 5.74) is 10.1. The number of thiophene rings is 1. The molecule has 2 N–H and O–H groups in total. The van der Waals surface area contributed by atoms with Gasteiger partial charge in [-0.15, -0.1) is 11.3 Å². The van der Waals surface area contributed by atoms with Crippen molar-refractivity contribution in [2.75, 3.05) is 5.73 Å². The first-order valence-electron chi connectivity index (χ1n) is 7.78. The van der Waals surface area contributed by atoms with E-state index >= 15 is 0 Å². The van der Waals surface area contributed by atoms with E-state index in [2.05, 4.69) is 53.8 Å². The van der Waals surface area contributed by atoms with Crippen LogP contribution in [0.3, 0.4) is 0 Å². The highest BCUT2D eigenvalue weighted by Crippen LogP contribution is 2.44. The lowest BCUT2D eigenvalue weighted by molar-refractivity contribution is 0.215. The van der Waals surface area contributed by atoms with Crippen molar-refractivity contribution in [3.8, 4) is 16.5 Å². The highest BCUT2D eigenvalue weighted by molar-refractivity contribution is 9.11. The van der Waals surface area contributed by atoms with E-state index in [9.17, 15) is 5.26 Å². The molecule has 0 saturated heterocycles. The van der Waals surface area contributed by atoms with E-state index in [1.54, 1.807) is 11.3 Å². The van der Waals surface area contributed by atoms with Crippen molar-refractivity contribution >= 4 is 33.1 Å². The van der Waals surface area contributed by atoms with Gasteiger partial charge in [-0.1, -0.05) is 20.8 Å². The van der Waals surface area contributed by atoms with Gasteiger partial charge < -0.3 is 5.73 Å². The van der Waals surface area contributed by atoms with Crippen LogP contribution in [0.1, 0.15) is 44.0 Å². The second kappa shape index (κ2) is 5.92. The summed E-state index contributed by atoms with van der Waals surface area (Å²) in [6.07, 6.45) is 3.03. The molecule has 0 radical (unpaired) electrons. The first kappa shape index (κ1) is 16.5. The maximum absolute atomic E-state index is 9.62. The Morgan fingerprint density at radius 1 is 1.39 bits per heavy atom. The Morgan fingerprint density at radius 2 is 2.13 bits per heavy atom. The first-order chi connectivity index (χ1) is 10.8. The number of halogens is 1. The van der Waals surface area contributed by atoms with E-state index in [4.69, 9.17) is 5.73 Å². The minimum absolute atomic E-state index is 0.249. The SMILES string of the molecule is CC(C)(C)C1CCc2nc(N)c(C#N)c(-c3ccc(Br)s3)c2C1. The van der Waals surface area contributed by atoms with Crippen molar-refractivity contribution in [1.29, 1.82) is 5.26 Å². The summed E-state index contributed by atoms with van der Waals surface area (Å²) < 4.78 is 1.06. The van der Waals surface area contributed by atoms with Gasteiger partial charge in [0.2, 0.25) is 0 Å². The summed E-state index contributed by atoms with van der Waals surface area (Å²) in [4.78, 5) is 5.63. The van der Waals surface area contributed by atoms with Gasteiger partial charge in [0.25, 0.3) is 0 Å². The number of fused-ring (bicyclic) bond motifs is 1. The van der Waals surface area contributed by atoms with Crippen LogP contribution in [0.15, 0.2) is 15.9 Å². The van der Waals surface area contributed by atoms with Gasteiger partial charge in [-0.25, -0.2) is 4.98 Å². The lowest BCUT2D eigenvalue weighted by Crippen LogP contribution is -2.28. The van der Waals surface area contributed by atoms with E-state index < -0.39 is 0 Å². The molecule has 0 spiro atoms. The Bertz CT molecular complexity index is 796. The Balaban J connectivity index is 2.21. The third kappa shape index (κ3) is 3.02. The van der Waals surface area contributed by atoms with E-state index in [1.807, 2.05) is 6.07 Å². The fourth-order valence-electron chi connectivity index (χ4n) is 3.35. The number of aryl methyl sites for hydroxylation is 1. The number of nitrogens with zero attached hydrogens (tertiary/aromatic N) is 2. The molecule has 1 unspecified atom stereocenters. The quantitative estimate of drug-likeness (QED) is 0.730. The highest BCUT2D eigenvalue weighted by atomic mass is 79.9. The summed E-state index contributed by atoms with van der Waals surface area (Å²) in [7, 11) is 0. The predicted octanol–water partition coefficient (Wildman–Crippen LogP) is 5.18. The molecule has 2 aromatic rings. The van der Waals surface area contributed by atoms with Crippen LogP contribution in [-0.4, -0.2) is 4.98 Å². The molecule has 1 aliphatic carbocycles. The maximum atomic E-state index is 9.62. The lowest BCUT2D eigenvalue weighted by atomic mass is 9.70. The topological polar surface area (TPSA) is 62.7 Å². The highest BCUT2D eigenvalue weighted by Gasteiger charge is 2.32. The van der Waals surface area contributed by atoms with Gasteiger partial charge in [-0.05, 0) is 64.2 Å². The van der Waals surface area contributed by atoms with Crippen LogP contribution in [0.25, 0.3) is 10.4 Å². The lowest BCUT2D eigenvalue weighted by Gasteiger charge is -2.35. The molecule has 0 amide bonds. The summed E-state index contributed by atoms with van der Waals surface area (Å²) in [6.45, 7) is 6.87. The molecular formula is C18H20BrN3S. The normalized spacial score (nSPS) is 17.6. The van der Waals surface area contributed by atoms with Gasteiger partial charge in [0, 0.05) is 16.1 Å². The van der Waals surface area contributed by atoms with E-state index in [0.29, 0.717) is 17.3 Å². The summed E-state index contributed by atoms with van der Waals surface area (Å²) in [6, 6.07) is 6.36. The molecule has 2 aromatic heterocycles. The molecule has 0 aliphatic heterocycles. The first-order valence-corrected chi connectivity index (χ1v) is 9.39. The van der Waals surface area contributed by atoms with Crippen LogP contribution in [0, 0.1) is 22.7 Å². The average molecular weight is 390 g/mol. The molecule has 0 fully saturated rings. The zero-order chi connectivity index (χ0) is 16.8. The minimum atomic E-state index is 0.249. The van der Waals surface area contributed by atoms with Crippen molar-refractivity contribution in [3.05, 3.63) is 32.7 Å². The zero-order valence-corrected chi connectivity index (χ0v) is 16.0. The number of nitriles is 1. The standard InChI is InChI=1S/C18H20BrN3S/c1-18(2,3)10-4-5-13-11(8-10)16(12(9-20)17(21)22-13)14-6-7-15(19)23-14/h6-7,10H,4-5,8H2,1-3H3,(H2,21,22). The number of nitrogens with two attached hydrogens (primary N) is 1. The molecule has 0 bridgehead atoms. The maximum Gasteiger partial charge on any atom is 0.142 e. The fourth-order valence-corrected chi connectivity index (χ4v) is 4.82. The van der Waals surface area contributed by atoms with Crippen molar-refractivity contribution in [2.24, 2.45) is 11.3 Å². The van der Waals surface area contributed by atoms with Crippen LogP contribution in [-0.2, 0) is 12.8 Å². The van der Waals surface area contributed by atoms with Gasteiger partial charge >= 0.3 is 0 Å². The van der Waals surface area contributed by atoms with E-state index in [-0.39, 0.29) is 5.41 Å². The third-order valence-corrected chi connectivity index (χ3v) is 6.39. The molecule has 3 rings (SSSR count). The Kier molecular flexibility index (Phi) is 4.24. The minimum Gasteiger partial charge on any atom is -0.383 e. The van der Waals surface area contributed by atoms with Crippen molar-refractivity contribution < 1.29 is 0 Å². The summed E-state index contributed by atoms with van der Waals surface area (Å²) >= 11 is 5.17. The monoisotopic (exact) mass is 389 g/mol. The van der Waals surface area contributed by atoms with Gasteiger partial charge in [-0.3, -0.25) is 0 Å². The largest absolute Gasteiger partial charge is 0.383 e. The number of aromatic nitrogens is 1. The number of pyridine rings is 1. The van der Waals surface area contributed by atoms with Crippen LogP contribution >= 0.6 is 27.3 Å². The number of nitrogen functional groups attached to an aromatic ring is 1. The van der Waals surface area contributed by atoms with Gasteiger partial charge in [0.05, 0.1) is 3.79 Å². The molecule has 1 atom stereocenters. The second-order valence-electron chi connectivity index (χ2n) is 7.19. The molecule has 5 heteroatoms. The zero-order valence-electron chi connectivity index (χ0n) is 13.6. The average Bonchev–Trinajstić information content (AvgIpc) is 2.90. The van der Waals surface area contributed by atoms with Gasteiger partial charge in [0.15, 0.2) is 0 Å². The molecule has 2 heterocycles. The van der Waals surface area contributed by atoms with Crippen LogP contribution in [0.5, 0.6) is 0 Å². The fraction of sp³-hybridized carbons (Fsp3) is 0.444. The number of rotatable bonds is 1. The van der Waals surface area contributed by atoms with E-state index in [0.717, 1.165) is 39.2 Å². The van der Waals surface area contributed by atoms with Crippen molar-refractivity contribution in [3.63, 3.8) is 0 Å². The molecule has 0 saturated carbocycles. The molecule has 120 valence electrons. The molecule has 23 heavy (non-hydrogen) atoms. The molecular weight excluding hydrogens is 370 g/mol. The molecule has 0 aromatic carbocycles. The van der Waals surface area contributed by atoms with Crippen molar-refractivity contribution in [2.45, 2.75) is 40.0 Å². The number of hydrogen-bond donors (Lipinski definition) is 1. The van der Waals surface area contributed by atoms with Crippen molar-refractivity contribution in [1.82, 2.24) is 4.98 Å². The second-order valence-corrected chi connectivity index (χ2v) is 9.66. The number of anilines is 1. The summed E-state index contributed by atoms with van der Waals surface area (Å²) in [5, 5.41) is 9.62. The Labute approximate surface area is 149 Å². The third-order valence-electron chi connectivity index (χ3n) is 4.75.